The summed E-state index contributed by atoms with van der Waals surface area (Å²) in [6.45, 7) is 4.42. The van der Waals surface area contributed by atoms with Gasteiger partial charge in [-0.3, -0.25) is 4.55 Å². The van der Waals surface area contributed by atoms with Crippen molar-refractivity contribution in [2.45, 2.75) is 6.54 Å². The second-order valence-electron chi connectivity index (χ2n) is 3.42. The van der Waals surface area contributed by atoms with Crippen molar-refractivity contribution in [3.05, 3.63) is 48.7 Å². The summed E-state index contributed by atoms with van der Waals surface area (Å²) in [5.74, 6) is -0.286. The first-order valence-corrected chi connectivity index (χ1v) is 6.48. The topological polar surface area (TPSA) is 57.6 Å². The van der Waals surface area contributed by atoms with Crippen molar-refractivity contribution < 1.29 is 13.0 Å². The fourth-order valence-electron chi connectivity index (χ4n) is 1.29. The summed E-state index contributed by atoms with van der Waals surface area (Å²) < 4.78 is 29.8. The van der Waals surface area contributed by atoms with Crippen molar-refractivity contribution in [2.24, 2.45) is 0 Å². The quantitative estimate of drug-likeness (QED) is 0.767. The van der Waals surface area contributed by atoms with Gasteiger partial charge in [0.15, 0.2) is 0 Å². The van der Waals surface area contributed by atoms with Crippen LogP contribution < -0.4 is 0 Å². The molecule has 0 radical (unpaired) electrons. The molecule has 0 heterocycles. The normalized spacial score (nSPS) is 11.1. The molecule has 88 valence electrons. The van der Waals surface area contributed by atoms with Crippen LogP contribution in [0.15, 0.2) is 43.1 Å². The zero-order chi connectivity index (χ0) is 12.0. The van der Waals surface area contributed by atoms with E-state index in [0.29, 0.717) is 6.54 Å². The lowest BCUT2D eigenvalue weighted by molar-refractivity contribution is 0.383. The highest BCUT2D eigenvalue weighted by molar-refractivity contribution is 7.85. The molecule has 0 spiro atoms. The minimum absolute atomic E-state index is 0.233. The van der Waals surface area contributed by atoms with Gasteiger partial charge in [0.25, 0.3) is 10.1 Å². The Kier molecular flexibility index (Phi) is 4.52. The van der Waals surface area contributed by atoms with E-state index >= 15 is 0 Å². The molecule has 16 heavy (non-hydrogen) atoms. The van der Waals surface area contributed by atoms with E-state index in [0.717, 1.165) is 5.56 Å². The summed E-state index contributed by atoms with van der Waals surface area (Å²) in [6, 6.07) is 9.65. The number of benzene rings is 1. The van der Waals surface area contributed by atoms with Gasteiger partial charge in [0.2, 0.25) is 0 Å². The van der Waals surface area contributed by atoms with E-state index in [4.69, 9.17) is 4.55 Å². The van der Waals surface area contributed by atoms with Crippen molar-refractivity contribution in [3.63, 3.8) is 0 Å². The number of nitrogens with zero attached hydrogens (tertiary/aromatic N) is 1. The Morgan fingerprint density at radius 3 is 2.44 bits per heavy atom. The van der Waals surface area contributed by atoms with E-state index in [2.05, 4.69) is 6.58 Å². The summed E-state index contributed by atoms with van der Waals surface area (Å²) in [5.41, 5.74) is 1.07. The van der Waals surface area contributed by atoms with Crippen LogP contribution in [0.25, 0.3) is 0 Å². The molecule has 1 N–H and O–H groups in total. The summed E-state index contributed by atoms with van der Waals surface area (Å²) in [4.78, 5) is 1.74. The van der Waals surface area contributed by atoms with Crippen molar-refractivity contribution in [2.75, 3.05) is 12.3 Å². The predicted octanol–water partition coefficient (Wildman–Crippen LogP) is 1.52. The molecule has 0 unspecified atom stereocenters. The highest BCUT2D eigenvalue weighted by Crippen LogP contribution is 2.04. The average Bonchev–Trinajstić information content (AvgIpc) is 2.24. The maximum Gasteiger partial charge on any atom is 0.266 e. The highest BCUT2D eigenvalue weighted by atomic mass is 32.2. The Morgan fingerprint density at radius 2 is 1.94 bits per heavy atom. The summed E-state index contributed by atoms with van der Waals surface area (Å²) in [7, 11) is -3.91. The molecule has 1 aromatic rings. The lowest BCUT2D eigenvalue weighted by Gasteiger charge is -2.19. The molecule has 1 rings (SSSR count). The third-order valence-corrected chi connectivity index (χ3v) is 2.82. The van der Waals surface area contributed by atoms with E-state index in [1.807, 2.05) is 30.3 Å². The average molecular weight is 241 g/mol. The minimum atomic E-state index is -3.91. The van der Waals surface area contributed by atoms with Crippen LogP contribution in [0.4, 0.5) is 0 Å². The smallest absolute Gasteiger partial charge is 0.266 e. The Labute approximate surface area is 96.0 Å². The zero-order valence-corrected chi connectivity index (χ0v) is 9.73. The molecular formula is C11H15NO3S. The molecule has 0 aromatic heterocycles. The van der Waals surface area contributed by atoms with Crippen molar-refractivity contribution in [3.8, 4) is 0 Å². The number of rotatable bonds is 6. The van der Waals surface area contributed by atoms with Crippen LogP contribution in [0.2, 0.25) is 0 Å². The molecule has 0 atom stereocenters. The van der Waals surface area contributed by atoms with Crippen molar-refractivity contribution in [1.29, 1.82) is 0 Å². The Hall–Kier alpha value is -1.33. The highest BCUT2D eigenvalue weighted by Gasteiger charge is 2.07. The van der Waals surface area contributed by atoms with Crippen molar-refractivity contribution in [1.82, 2.24) is 4.90 Å². The fraction of sp³-hybridized carbons (Fsp3) is 0.273. The fourth-order valence-corrected chi connectivity index (χ4v) is 1.75. The predicted molar refractivity (Wildman–Crippen MR) is 63.5 cm³/mol. The molecule has 0 saturated heterocycles. The van der Waals surface area contributed by atoms with Crippen LogP contribution in [0.3, 0.4) is 0 Å². The second kappa shape index (κ2) is 5.67. The molecular weight excluding hydrogens is 226 g/mol. The standard InChI is InChI=1S/C11H15NO3S/c1-2-12(8-9-16(13,14)15)10-11-6-4-3-5-7-11/h2-7H,1,8-10H2,(H,13,14,15). The van der Waals surface area contributed by atoms with Gasteiger partial charge in [0, 0.05) is 13.1 Å². The number of hydrogen-bond acceptors (Lipinski definition) is 3. The summed E-state index contributed by atoms with van der Waals surface area (Å²) >= 11 is 0. The van der Waals surface area contributed by atoms with Gasteiger partial charge >= 0.3 is 0 Å². The van der Waals surface area contributed by atoms with Gasteiger partial charge < -0.3 is 4.90 Å². The lowest BCUT2D eigenvalue weighted by Crippen LogP contribution is -2.24. The third kappa shape index (κ3) is 4.95. The first-order valence-electron chi connectivity index (χ1n) is 4.87. The first kappa shape index (κ1) is 12.7. The summed E-state index contributed by atoms with van der Waals surface area (Å²) in [6.07, 6.45) is 1.57. The molecule has 4 nitrogen and oxygen atoms in total. The largest absolute Gasteiger partial charge is 0.373 e. The van der Waals surface area contributed by atoms with Crippen molar-refractivity contribution >= 4 is 10.1 Å². The lowest BCUT2D eigenvalue weighted by atomic mass is 10.2. The SMILES string of the molecule is C=CN(CCS(=O)(=O)O)Cc1ccccc1. The van der Waals surface area contributed by atoms with Gasteiger partial charge in [0.1, 0.15) is 0 Å². The van der Waals surface area contributed by atoms with Crippen LogP contribution in [-0.4, -0.2) is 30.2 Å². The van der Waals surface area contributed by atoms with Crippen LogP contribution >= 0.6 is 0 Å². The van der Waals surface area contributed by atoms with Crippen LogP contribution in [0.1, 0.15) is 5.56 Å². The van der Waals surface area contributed by atoms with E-state index in [9.17, 15) is 8.42 Å². The van der Waals surface area contributed by atoms with E-state index in [1.54, 1.807) is 11.1 Å². The van der Waals surface area contributed by atoms with Crippen LogP contribution in [-0.2, 0) is 16.7 Å². The molecule has 0 saturated carbocycles. The minimum Gasteiger partial charge on any atom is -0.373 e. The molecule has 0 aliphatic heterocycles. The molecule has 0 aliphatic carbocycles. The maximum absolute atomic E-state index is 10.6. The maximum atomic E-state index is 10.6. The Bertz CT molecular complexity index is 428. The van der Waals surface area contributed by atoms with E-state index in [1.165, 1.54) is 0 Å². The zero-order valence-electron chi connectivity index (χ0n) is 8.91. The van der Waals surface area contributed by atoms with E-state index in [-0.39, 0.29) is 12.3 Å². The van der Waals surface area contributed by atoms with Crippen LogP contribution in [0, 0.1) is 0 Å². The molecule has 0 bridgehead atoms. The van der Waals surface area contributed by atoms with Gasteiger partial charge in [0.05, 0.1) is 5.75 Å². The first-order chi connectivity index (χ1) is 7.51. The van der Waals surface area contributed by atoms with Crippen LogP contribution in [0.5, 0.6) is 0 Å². The van der Waals surface area contributed by atoms with Gasteiger partial charge in [-0.15, -0.1) is 0 Å². The molecule has 1 aromatic carbocycles. The van der Waals surface area contributed by atoms with Gasteiger partial charge in [-0.1, -0.05) is 36.9 Å². The molecule has 0 amide bonds. The third-order valence-electron chi connectivity index (χ3n) is 2.12. The van der Waals surface area contributed by atoms with Gasteiger partial charge in [-0.05, 0) is 11.8 Å². The van der Waals surface area contributed by atoms with E-state index < -0.39 is 10.1 Å². The summed E-state index contributed by atoms with van der Waals surface area (Å²) in [5, 5.41) is 0. The Balaban J connectivity index is 2.53. The molecule has 0 fully saturated rings. The number of hydrogen-bond donors (Lipinski definition) is 1. The Morgan fingerprint density at radius 1 is 1.31 bits per heavy atom. The molecule has 0 aliphatic rings. The second-order valence-corrected chi connectivity index (χ2v) is 5.00. The molecule has 5 heteroatoms. The van der Waals surface area contributed by atoms with Gasteiger partial charge in [-0.25, -0.2) is 0 Å². The monoisotopic (exact) mass is 241 g/mol. The van der Waals surface area contributed by atoms with Gasteiger partial charge in [-0.2, -0.15) is 8.42 Å².